The highest BCUT2D eigenvalue weighted by molar-refractivity contribution is 8.14. The van der Waals surface area contributed by atoms with E-state index in [-0.39, 0.29) is 29.9 Å². The highest BCUT2D eigenvalue weighted by Gasteiger charge is 2.41. The average Bonchev–Trinajstić information content (AvgIpc) is 3.31. The van der Waals surface area contributed by atoms with E-state index < -0.39 is 6.04 Å². The average molecular weight is 540 g/mol. The Labute approximate surface area is 231 Å². The fraction of sp³-hybridized carbons (Fsp3) is 0.233. The number of amidine groups is 2. The van der Waals surface area contributed by atoms with Gasteiger partial charge in [0.25, 0.3) is 5.91 Å². The summed E-state index contributed by atoms with van der Waals surface area (Å²) >= 11 is 1.20. The molecule has 2 N–H and O–H groups in total. The molecule has 8 nitrogen and oxygen atoms in total. The van der Waals surface area contributed by atoms with Crippen molar-refractivity contribution in [3.63, 3.8) is 0 Å². The number of thioether (sulfide) groups is 1. The third-order valence-corrected chi connectivity index (χ3v) is 7.37. The van der Waals surface area contributed by atoms with E-state index in [9.17, 15) is 14.4 Å². The molecule has 0 spiro atoms. The van der Waals surface area contributed by atoms with Gasteiger partial charge in [0.2, 0.25) is 11.8 Å². The summed E-state index contributed by atoms with van der Waals surface area (Å²) in [6.07, 6.45) is 1.24. The van der Waals surface area contributed by atoms with Crippen molar-refractivity contribution >= 4 is 46.2 Å². The molecule has 2 aliphatic rings. The number of nitrogens with one attached hydrogen (secondary N) is 2. The lowest BCUT2D eigenvalue weighted by atomic mass is 10.1. The number of carbonyl (C=O) groups excluding carboxylic acids is 3. The Morgan fingerprint density at radius 2 is 1.54 bits per heavy atom. The minimum atomic E-state index is -0.677. The second kappa shape index (κ2) is 12.5. The summed E-state index contributed by atoms with van der Waals surface area (Å²) in [4.78, 5) is 49.3. The first-order valence-electron chi connectivity index (χ1n) is 12.9. The summed E-state index contributed by atoms with van der Waals surface area (Å²) in [5, 5.41) is 6.25. The maximum absolute atomic E-state index is 13.4. The molecule has 0 aromatic heterocycles. The van der Waals surface area contributed by atoms with Crippen molar-refractivity contribution in [2.45, 2.75) is 31.8 Å². The number of benzene rings is 3. The molecule has 0 saturated heterocycles. The molecule has 0 saturated carbocycles. The molecule has 0 unspecified atom stereocenters. The maximum atomic E-state index is 13.4. The van der Waals surface area contributed by atoms with Crippen LogP contribution >= 0.6 is 11.8 Å². The quantitative estimate of drug-likeness (QED) is 0.409. The molecule has 2 aliphatic heterocycles. The molecule has 5 rings (SSSR count). The molecule has 2 heterocycles. The number of para-hydroxylation sites is 1. The molecule has 3 amide bonds. The van der Waals surface area contributed by atoms with Crippen LogP contribution in [0.4, 0.5) is 5.69 Å². The van der Waals surface area contributed by atoms with Crippen molar-refractivity contribution in [1.29, 1.82) is 0 Å². The molecule has 9 heteroatoms. The lowest BCUT2D eigenvalue weighted by Gasteiger charge is -2.25. The van der Waals surface area contributed by atoms with Gasteiger partial charge in [0.05, 0.1) is 11.4 Å². The van der Waals surface area contributed by atoms with E-state index in [4.69, 9.17) is 4.99 Å². The van der Waals surface area contributed by atoms with Gasteiger partial charge >= 0.3 is 0 Å². The van der Waals surface area contributed by atoms with Crippen LogP contribution in [0.1, 0.15) is 29.5 Å². The van der Waals surface area contributed by atoms with Crippen LogP contribution in [-0.4, -0.2) is 52.0 Å². The minimum absolute atomic E-state index is 0.109. The molecule has 3 aromatic carbocycles. The fourth-order valence-electron chi connectivity index (χ4n) is 4.41. The summed E-state index contributed by atoms with van der Waals surface area (Å²) in [6.45, 7) is 0.968. The van der Waals surface area contributed by atoms with Crippen LogP contribution in [0.3, 0.4) is 0 Å². The molecule has 1 atom stereocenters. The third-order valence-electron chi connectivity index (χ3n) is 6.44. The Hall–Kier alpha value is -4.24. The van der Waals surface area contributed by atoms with Gasteiger partial charge in [0.15, 0.2) is 5.17 Å². The van der Waals surface area contributed by atoms with E-state index in [2.05, 4.69) is 15.6 Å². The lowest BCUT2D eigenvalue weighted by Crippen LogP contribution is -2.41. The second-order valence-corrected chi connectivity index (χ2v) is 10.2. The molecule has 3 aromatic rings. The summed E-state index contributed by atoms with van der Waals surface area (Å²) < 4.78 is 0. The summed E-state index contributed by atoms with van der Waals surface area (Å²) in [5.74, 6) is 0.140. The fourth-order valence-corrected chi connectivity index (χ4v) is 5.24. The van der Waals surface area contributed by atoms with E-state index in [1.807, 2.05) is 84.9 Å². The molecule has 39 heavy (non-hydrogen) atoms. The van der Waals surface area contributed by atoms with Gasteiger partial charge in [0.1, 0.15) is 11.9 Å². The largest absolute Gasteiger partial charge is 0.356 e. The third kappa shape index (κ3) is 6.61. The zero-order chi connectivity index (χ0) is 27.0. The number of aliphatic imine (C=N–C) groups is 2. The van der Waals surface area contributed by atoms with Gasteiger partial charge < -0.3 is 10.6 Å². The zero-order valence-corrected chi connectivity index (χ0v) is 22.2. The molecule has 0 aliphatic carbocycles. The molecule has 0 bridgehead atoms. The van der Waals surface area contributed by atoms with Gasteiger partial charge in [-0.15, -0.1) is 0 Å². The summed E-state index contributed by atoms with van der Waals surface area (Å²) in [6, 6.07) is 26.5. The van der Waals surface area contributed by atoms with Gasteiger partial charge in [-0.25, -0.2) is 9.89 Å². The zero-order valence-electron chi connectivity index (χ0n) is 21.4. The van der Waals surface area contributed by atoms with Gasteiger partial charge in [-0.05, 0) is 36.1 Å². The summed E-state index contributed by atoms with van der Waals surface area (Å²) in [5.41, 5.74) is 3.63. The van der Waals surface area contributed by atoms with Gasteiger partial charge in [-0.2, -0.15) is 0 Å². The van der Waals surface area contributed by atoms with Gasteiger partial charge in [-0.3, -0.25) is 19.4 Å². The van der Waals surface area contributed by atoms with Crippen LogP contribution in [0, 0.1) is 0 Å². The topological polar surface area (TPSA) is 103 Å². The van der Waals surface area contributed by atoms with Crippen molar-refractivity contribution < 1.29 is 14.4 Å². The predicted octanol–water partition coefficient (Wildman–Crippen LogP) is 3.83. The standard InChI is InChI=1S/C30H29N5O3S/c36-26(31-18-17-21-9-3-1-4-10-21)16-15-25-29(38)35-28(33-25)23-13-7-8-14-24(23)34-30(35)39-20-27(37)32-19-22-11-5-2-6-12-22/h1-14,25H,15-20H2,(H,31,36)(H,32,37)/t25-/m1/s1. The number of fused-ring (bicyclic) bond motifs is 3. The summed E-state index contributed by atoms with van der Waals surface area (Å²) in [7, 11) is 0. The predicted molar refractivity (Wildman–Crippen MR) is 154 cm³/mol. The monoisotopic (exact) mass is 539 g/mol. The Morgan fingerprint density at radius 3 is 2.31 bits per heavy atom. The van der Waals surface area contributed by atoms with Crippen LogP contribution in [0.5, 0.6) is 0 Å². The van der Waals surface area contributed by atoms with E-state index in [0.717, 1.165) is 23.1 Å². The van der Waals surface area contributed by atoms with Crippen LogP contribution in [0.15, 0.2) is 94.9 Å². The lowest BCUT2D eigenvalue weighted by molar-refractivity contribution is -0.125. The Kier molecular flexibility index (Phi) is 8.48. The Balaban J connectivity index is 1.19. The second-order valence-electron chi connectivity index (χ2n) is 9.23. The Bertz CT molecular complexity index is 1410. The molecular weight excluding hydrogens is 510 g/mol. The molecule has 0 radical (unpaired) electrons. The highest BCUT2D eigenvalue weighted by atomic mass is 32.2. The number of rotatable bonds is 10. The molecular formula is C30H29N5O3S. The number of hydrogen-bond acceptors (Lipinski definition) is 6. The first kappa shape index (κ1) is 26.4. The SMILES string of the molecule is O=C(CC[C@H]1N=C2c3ccccc3N=C(SCC(=O)NCc3ccccc3)N2C1=O)NCCc1ccccc1. The van der Waals surface area contributed by atoms with Crippen molar-refractivity contribution in [3.05, 3.63) is 102 Å². The first-order chi connectivity index (χ1) is 19.1. The number of hydrogen-bond donors (Lipinski definition) is 2. The van der Waals surface area contributed by atoms with Crippen molar-refractivity contribution in [2.24, 2.45) is 9.98 Å². The van der Waals surface area contributed by atoms with E-state index in [1.54, 1.807) is 0 Å². The Morgan fingerprint density at radius 1 is 0.846 bits per heavy atom. The number of carbonyl (C=O) groups is 3. The van der Waals surface area contributed by atoms with Crippen LogP contribution in [0.25, 0.3) is 0 Å². The first-order valence-corrected chi connectivity index (χ1v) is 13.9. The smallest absolute Gasteiger partial charge is 0.259 e. The van der Waals surface area contributed by atoms with Crippen LogP contribution in [-0.2, 0) is 27.3 Å². The number of amides is 3. The number of nitrogens with zero attached hydrogens (tertiary/aromatic N) is 3. The highest BCUT2D eigenvalue weighted by Crippen LogP contribution is 2.34. The molecule has 0 fully saturated rings. The van der Waals surface area contributed by atoms with Crippen LogP contribution < -0.4 is 10.6 Å². The van der Waals surface area contributed by atoms with E-state index in [1.165, 1.54) is 16.7 Å². The van der Waals surface area contributed by atoms with E-state index in [0.29, 0.717) is 36.2 Å². The van der Waals surface area contributed by atoms with Crippen LogP contribution in [0.2, 0.25) is 0 Å². The molecule has 198 valence electrons. The van der Waals surface area contributed by atoms with Gasteiger partial charge in [0, 0.05) is 25.1 Å². The minimum Gasteiger partial charge on any atom is -0.356 e. The normalized spacial score (nSPS) is 15.6. The van der Waals surface area contributed by atoms with Gasteiger partial charge in [-0.1, -0.05) is 84.6 Å². The maximum Gasteiger partial charge on any atom is 0.259 e. The van der Waals surface area contributed by atoms with E-state index >= 15 is 0 Å². The van der Waals surface area contributed by atoms with Crippen molar-refractivity contribution in [2.75, 3.05) is 12.3 Å². The van der Waals surface area contributed by atoms with Crippen molar-refractivity contribution in [1.82, 2.24) is 15.5 Å². The van der Waals surface area contributed by atoms with Crippen molar-refractivity contribution in [3.8, 4) is 0 Å².